The summed E-state index contributed by atoms with van der Waals surface area (Å²) in [4.78, 5) is 0. The molecule has 2 N–H and O–H groups in total. The third kappa shape index (κ3) is 3.55. The summed E-state index contributed by atoms with van der Waals surface area (Å²) in [7, 11) is 1.92. The zero-order valence-electron chi connectivity index (χ0n) is 13.1. The van der Waals surface area contributed by atoms with Gasteiger partial charge in [-0.05, 0) is 39.0 Å². The molecule has 1 unspecified atom stereocenters. The molecule has 0 aliphatic carbocycles. The van der Waals surface area contributed by atoms with Gasteiger partial charge in [0.2, 0.25) is 0 Å². The van der Waals surface area contributed by atoms with Crippen molar-refractivity contribution in [2.75, 3.05) is 11.9 Å². The Labute approximate surface area is 125 Å². The van der Waals surface area contributed by atoms with Gasteiger partial charge in [-0.15, -0.1) is 0 Å². The summed E-state index contributed by atoms with van der Waals surface area (Å²) >= 11 is 0. The van der Waals surface area contributed by atoms with E-state index in [0.29, 0.717) is 6.61 Å². The largest absolute Gasteiger partial charge is 0.494 e. The van der Waals surface area contributed by atoms with Crippen LogP contribution < -0.4 is 10.1 Å². The number of hydrogen-bond donors (Lipinski definition) is 2. The standard InChI is InChI=1S/C16H23N3O2/c1-5-21-16-7-6-14(8-13(16)10-20)17-11(2)15-9-19(4)18-12(15)3/h6-9,11,17,20H,5,10H2,1-4H3. The Bertz CT molecular complexity index is 608. The van der Waals surface area contributed by atoms with Crippen molar-refractivity contribution in [1.82, 2.24) is 9.78 Å². The molecule has 0 spiro atoms. The van der Waals surface area contributed by atoms with Crippen molar-refractivity contribution in [3.05, 3.63) is 41.2 Å². The van der Waals surface area contributed by atoms with E-state index >= 15 is 0 Å². The lowest BCUT2D eigenvalue weighted by molar-refractivity contribution is 0.267. The first-order chi connectivity index (χ1) is 10.0. The second-order valence-electron chi connectivity index (χ2n) is 5.12. The number of nitrogens with one attached hydrogen (secondary N) is 1. The lowest BCUT2D eigenvalue weighted by Crippen LogP contribution is -2.08. The van der Waals surface area contributed by atoms with Crippen LogP contribution in [-0.4, -0.2) is 21.5 Å². The zero-order chi connectivity index (χ0) is 15.4. The average molecular weight is 289 g/mol. The molecular weight excluding hydrogens is 266 g/mol. The summed E-state index contributed by atoms with van der Waals surface area (Å²) in [5, 5.41) is 17.2. The van der Waals surface area contributed by atoms with Crippen molar-refractivity contribution in [2.24, 2.45) is 7.05 Å². The molecule has 0 bridgehead atoms. The lowest BCUT2D eigenvalue weighted by atomic mass is 10.1. The molecule has 0 saturated carbocycles. The van der Waals surface area contributed by atoms with Gasteiger partial charge in [-0.3, -0.25) is 4.68 Å². The summed E-state index contributed by atoms with van der Waals surface area (Å²) in [6.45, 7) is 6.58. The Morgan fingerprint density at radius 2 is 2.19 bits per heavy atom. The van der Waals surface area contributed by atoms with Gasteiger partial charge in [0.15, 0.2) is 0 Å². The van der Waals surface area contributed by atoms with Gasteiger partial charge in [0, 0.05) is 30.1 Å². The van der Waals surface area contributed by atoms with Crippen molar-refractivity contribution in [1.29, 1.82) is 0 Å². The first-order valence-corrected chi connectivity index (χ1v) is 7.18. The molecule has 0 fully saturated rings. The minimum Gasteiger partial charge on any atom is -0.494 e. The van der Waals surface area contributed by atoms with Crippen LogP contribution in [0.5, 0.6) is 5.75 Å². The maximum absolute atomic E-state index is 9.45. The second-order valence-corrected chi connectivity index (χ2v) is 5.12. The molecule has 1 aromatic heterocycles. The van der Waals surface area contributed by atoms with Crippen LogP contribution >= 0.6 is 0 Å². The number of nitrogens with zero attached hydrogens (tertiary/aromatic N) is 2. The zero-order valence-corrected chi connectivity index (χ0v) is 13.1. The van der Waals surface area contributed by atoms with E-state index in [1.807, 2.05) is 50.0 Å². The fraction of sp³-hybridized carbons (Fsp3) is 0.438. The first-order valence-electron chi connectivity index (χ1n) is 7.18. The molecule has 0 aliphatic heterocycles. The van der Waals surface area contributed by atoms with Crippen LogP contribution in [0.1, 0.15) is 36.7 Å². The predicted octanol–water partition coefficient (Wildman–Crippen LogP) is 2.79. The Hall–Kier alpha value is -2.01. The SMILES string of the molecule is CCOc1ccc(NC(C)c2cn(C)nc2C)cc1CO. The Balaban J connectivity index is 2.17. The van der Waals surface area contributed by atoms with E-state index in [1.165, 1.54) is 0 Å². The maximum Gasteiger partial charge on any atom is 0.124 e. The van der Waals surface area contributed by atoms with E-state index in [9.17, 15) is 5.11 Å². The number of ether oxygens (including phenoxy) is 1. The van der Waals surface area contributed by atoms with Crippen molar-refractivity contribution < 1.29 is 9.84 Å². The van der Waals surface area contributed by atoms with Gasteiger partial charge >= 0.3 is 0 Å². The second kappa shape index (κ2) is 6.63. The number of aliphatic hydroxyl groups excluding tert-OH is 1. The molecule has 2 rings (SSSR count). The van der Waals surface area contributed by atoms with Crippen LogP contribution in [0.4, 0.5) is 5.69 Å². The van der Waals surface area contributed by atoms with Crippen molar-refractivity contribution in [3.8, 4) is 5.75 Å². The number of aryl methyl sites for hydroxylation is 2. The van der Waals surface area contributed by atoms with Gasteiger partial charge in [-0.1, -0.05) is 0 Å². The van der Waals surface area contributed by atoms with E-state index in [1.54, 1.807) is 0 Å². The third-order valence-corrected chi connectivity index (χ3v) is 3.43. The van der Waals surface area contributed by atoms with E-state index in [2.05, 4.69) is 17.3 Å². The number of anilines is 1. The number of aliphatic hydroxyl groups is 1. The minimum absolute atomic E-state index is 0.0366. The van der Waals surface area contributed by atoms with E-state index in [0.717, 1.165) is 28.3 Å². The van der Waals surface area contributed by atoms with Crippen LogP contribution in [0.3, 0.4) is 0 Å². The number of aromatic nitrogens is 2. The Kier molecular flexibility index (Phi) is 4.85. The summed E-state index contributed by atoms with van der Waals surface area (Å²) < 4.78 is 7.31. The number of rotatable bonds is 6. The molecule has 1 aromatic carbocycles. The highest BCUT2D eigenvalue weighted by Gasteiger charge is 2.12. The smallest absolute Gasteiger partial charge is 0.124 e. The quantitative estimate of drug-likeness (QED) is 0.858. The highest BCUT2D eigenvalue weighted by atomic mass is 16.5. The van der Waals surface area contributed by atoms with Crippen LogP contribution in [-0.2, 0) is 13.7 Å². The van der Waals surface area contributed by atoms with Crippen LogP contribution in [0.15, 0.2) is 24.4 Å². The third-order valence-electron chi connectivity index (χ3n) is 3.43. The summed E-state index contributed by atoms with van der Waals surface area (Å²) in [5.74, 6) is 0.732. The minimum atomic E-state index is -0.0366. The van der Waals surface area contributed by atoms with Gasteiger partial charge < -0.3 is 15.2 Å². The van der Waals surface area contributed by atoms with Gasteiger partial charge in [0.25, 0.3) is 0 Å². The van der Waals surface area contributed by atoms with Gasteiger partial charge in [-0.25, -0.2) is 0 Å². The molecule has 114 valence electrons. The fourth-order valence-corrected chi connectivity index (χ4v) is 2.46. The molecule has 0 aliphatic rings. The Morgan fingerprint density at radius 1 is 1.43 bits per heavy atom. The van der Waals surface area contributed by atoms with Crippen LogP contribution in [0.25, 0.3) is 0 Å². The molecule has 0 amide bonds. The molecule has 0 saturated heterocycles. The monoisotopic (exact) mass is 289 g/mol. The summed E-state index contributed by atoms with van der Waals surface area (Å²) in [6.07, 6.45) is 2.02. The van der Waals surface area contributed by atoms with E-state index < -0.39 is 0 Å². The highest BCUT2D eigenvalue weighted by molar-refractivity contribution is 5.52. The maximum atomic E-state index is 9.45. The van der Waals surface area contributed by atoms with Crippen LogP contribution in [0.2, 0.25) is 0 Å². The molecule has 1 atom stereocenters. The Morgan fingerprint density at radius 3 is 2.76 bits per heavy atom. The lowest BCUT2D eigenvalue weighted by Gasteiger charge is -2.17. The molecular formula is C16H23N3O2. The van der Waals surface area contributed by atoms with E-state index in [4.69, 9.17) is 4.74 Å². The molecule has 5 nitrogen and oxygen atoms in total. The first kappa shape index (κ1) is 15.4. The van der Waals surface area contributed by atoms with Crippen molar-refractivity contribution in [3.63, 3.8) is 0 Å². The summed E-state index contributed by atoms with van der Waals surface area (Å²) in [5.41, 5.74) is 3.93. The average Bonchev–Trinajstić information content (AvgIpc) is 2.79. The molecule has 5 heteroatoms. The van der Waals surface area contributed by atoms with Crippen LogP contribution in [0, 0.1) is 6.92 Å². The van der Waals surface area contributed by atoms with Crippen molar-refractivity contribution >= 4 is 5.69 Å². The number of benzene rings is 1. The molecule has 0 radical (unpaired) electrons. The number of hydrogen-bond acceptors (Lipinski definition) is 4. The fourth-order valence-electron chi connectivity index (χ4n) is 2.46. The highest BCUT2D eigenvalue weighted by Crippen LogP contribution is 2.26. The van der Waals surface area contributed by atoms with Gasteiger partial charge in [0.05, 0.1) is 24.9 Å². The van der Waals surface area contributed by atoms with E-state index in [-0.39, 0.29) is 12.6 Å². The predicted molar refractivity (Wildman–Crippen MR) is 83.5 cm³/mol. The topological polar surface area (TPSA) is 59.3 Å². The molecule has 21 heavy (non-hydrogen) atoms. The van der Waals surface area contributed by atoms with Crippen molar-refractivity contribution in [2.45, 2.75) is 33.4 Å². The van der Waals surface area contributed by atoms with Gasteiger partial charge in [0.1, 0.15) is 5.75 Å². The van der Waals surface area contributed by atoms with Gasteiger partial charge in [-0.2, -0.15) is 5.10 Å². The molecule has 2 aromatic rings. The summed E-state index contributed by atoms with van der Waals surface area (Å²) in [6, 6.07) is 5.92. The molecule has 1 heterocycles. The normalized spacial score (nSPS) is 12.2.